The summed E-state index contributed by atoms with van der Waals surface area (Å²) < 4.78 is 5.32. The average molecular weight is 285 g/mol. The number of anilines is 2. The first-order valence-electron chi connectivity index (χ1n) is 6.50. The van der Waals surface area contributed by atoms with Gasteiger partial charge in [0.05, 0.1) is 13.2 Å². The van der Waals surface area contributed by atoms with E-state index in [2.05, 4.69) is 14.9 Å². The summed E-state index contributed by atoms with van der Waals surface area (Å²) in [6, 6.07) is 0. The zero-order valence-electron chi connectivity index (χ0n) is 10.8. The van der Waals surface area contributed by atoms with Crippen molar-refractivity contribution in [2.75, 3.05) is 42.6 Å². The van der Waals surface area contributed by atoms with Crippen molar-refractivity contribution in [2.45, 2.75) is 19.6 Å². The maximum absolute atomic E-state index is 9.78. The quantitative estimate of drug-likeness (QED) is 0.806. The predicted molar refractivity (Wildman–Crippen MR) is 72.8 cm³/mol. The number of ether oxygens (including phenoxy) is 1. The van der Waals surface area contributed by atoms with Crippen LogP contribution in [0.15, 0.2) is 0 Å². The van der Waals surface area contributed by atoms with Crippen LogP contribution in [-0.2, 0) is 11.2 Å². The topological polar surface area (TPSA) is 61.7 Å². The van der Waals surface area contributed by atoms with Crippen molar-refractivity contribution < 1.29 is 9.84 Å². The molecule has 1 unspecified atom stereocenters. The molecule has 1 atom stereocenters. The molecule has 3 heterocycles. The molecule has 19 heavy (non-hydrogen) atoms. The van der Waals surface area contributed by atoms with Crippen LogP contribution < -0.4 is 9.80 Å². The highest BCUT2D eigenvalue weighted by molar-refractivity contribution is 6.30. The monoisotopic (exact) mass is 284 g/mol. The summed E-state index contributed by atoms with van der Waals surface area (Å²) in [6.07, 6.45) is 0.215. The summed E-state index contributed by atoms with van der Waals surface area (Å²) in [5.41, 5.74) is 0.930. The van der Waals surface area contributed by atoms with Crippen LogP contribution in [0.2, 0.25) is 5.15 Å². The lowest BCUT2D eigenvalue weighted by atomic mass is 10.3. The number of halogens is 1. The first-order chi connectivity index (χ1) is 9.16. The van der Waals surface area contributed by atoms with Gasteiger partial charge in [-0.05, 0) is 13.3 Å². The standard InChI is InChI=1S/C12H17ClN4O2/c1-8(18)17-3-2-9-10(13)14-12(15-11(9)17)16-4-6-19-7-5-16/h8,18H,2-7H2,1H3. The molecule has 0 aliphatic carbocycles. The van der Waals surface area contributed by atoms with E-state index in [0.717, 1.165) is 37.4 Å². The average Bonchev–Trinajstić information content (AvgIpc) is 2.84. The van der Waals surface area contributed by atoms with Gasteiger partial charge in [0.1, 0.15) is 17.2 Å². The second-order valence-electron chi connectivity index (χ2n) is 4.79. The van der Waals surface area contributed by atoms with Crippen LogP contribution in [0, 0.1) is 0 Å². The first kappa shape index (κ1) is 12.9. The fourth-order valence-electron chi connectivity index (χ4n) is 2.49. The van der Waals surface area contributed by atoms with Gasteiger partial charge in [0.15, 0.2) is 0 Å². The third-order valence-corrected chi connectivity index (χ3v) is 3.86. The summed E-state index contributed by atoms with van der Waals surface area (Å²) in [6.45, 7) is 5.36. The van der Waals surface area contributed by atoms with Crippen molar-refractivity contribution >= 4 is 23.4 Å². The lowest BCUT2D eigenvalue weighted by Gasteiger charge is -2.28. The highest BCUT2D eigenvalue weighted by Crippen LogP contribution is 2.33. The molecule has 0 spiro atoms. The van der Waals surface area contributed by atoms with Gasteiger partial charge in [-0.25, -0.2) is 4.98 Å². The van der Waals surface area contributed by atoms with E-state index in [0.29, 0.717) is 24.3 Å². The number of hydrogen-bond donors (Lipinski definition) is 1. The Bertz CT molecular complexity index is 477. The molecule has 0 saturated carbocycles. The number of aliphatic hydroxyl groups is 1. The number of rotatable bonds is 2. The number of aromatic nitrogens is 2. The Labute approximate surface area is 117 Å². The van der Waals surface area contributed by atoms with Gasteiger partial charge in [0, 0.05) is 25.2 Å². The van der Waals surface area contributed by atoms with Crippen molar-refractivity contribution in [1.82, 2.24) is 9.97 Å². The minimum absolute atomic E-state index is 0.495. The van der Waals surface area contributed by atoms with E-state index in [9.17, 15) is 5.11 Å². The minimum Gasteiger partial charge on any atom is -0.378 e. The van der Waals surface area contributed by atoms with E-state index in [-0.39, 0.29) is 0 Å². The molecule has 0 bridgehead atoms. The molecule has 104 valence electrons. The first-order valence-corrected chi connectivity index (χ1v) is 6.88. The van der Waals surface area contributed by atoms with Crippen molar-refractivity contribution in [3.8, 4) is 0 Å². The van der Waals surface area contributed by atoms with E-state index < -0.39 is 6.23 Å². The fraction of sp³-hybridized carbons (Fsp3) is 0.667. The molecule has 1 N–H and O–H groups in total. The van der Waals surface area contributed by atoms with Gasteiger partial charge < -0.3 is 19.6 Å². The number of nitrogens with zero attached hydrogens (tertiary/aromatic N) is 4. The van der Waals surface area contributed by atoms with Crippen LogP contribution in [0.4, 0.5) is 11.8 Å². The molecule has 7 heteroatoms. The number of morpholine rings is 1. The Kier molecular flexibility index (Phi) is 3.47. The van der Waals surface area contributed by atoms with Crippen LogP contribution in [0.5, 0.6) is 0 Å². The van der Waals surface area contributed by atoms with Crippen LogP contribution in [0.3, 0.4) is 0 Å². The lowest BCUT2D eigenvalue weighted by molar-refractivity contribution is 0.122. The number of fused-ring (bicyclic) bond motifs is 1. The molecular formula is C12H17ClN4O2. The van der Waals surface area contributed by atoms with E-state index >= 15 is 0 Å². The normalized spacial score (nSPS) is 20.6. The molecule has 1 saturated heterocycles. The summed E-state index contributed by atoms with van der Waals surface area (Å²) in [5.74, 6) is 1.39. The van der Waals surface area contributed by atoms with Gasteiger partial charge in [-0.1, -0.05) is 11.6 Å². The number of aliphatic hydroxyl groups excluding tert-OH is 1. The molecule has 1 aromatic rings. The fourth-order valence-corrected chi connectivity index (χ4v) is 2.75. The lowest BCUT2D eigenvalue weighted by Crippen LogP contribution is -2.38. The number of hydrogen-bond acceptors (Lipinski definition) is 6. The predicted octanol–water partition coefficient (Wildman–Crippen LogP) is 0.667. The Morgan fingerprint density at radius 1 is 1.26 bits per heavy atom. The van der Waals surface area contributed by atoms with Crippen LogP contribution in [0.1, 0.15) is 12.5 Å². The molecule has 3 rings (SSSR count). The van der Waals surface area contributed by atoms with Gasteiger partial charge in [0.25, 0.3) is 0 Å². The van der Waals surface area contributed by atoms with Gasteiger partial charge in [-0.15, -0.1) is 0 Å². The van der Waals surface area contributed by atoms with Crippen molar-refractivity contribution in [1.29, 1.82) is 0 Å². The van der Waals surface area contributed by atoms with E-state index in [1.165, 1.54) is 0 Å². The zero-order chi connectivity index (χ0) is 13.4. The van der Waals surface area contributed by atoms with Gasteiger partial charge in [-0.2, -0.15) is 4.98 Å². The third-order valence-electron chi connectivity index (χ3n) is 3.54. The SMILES string of the molecule is CC(O)N1CCc2c(Cl)nc(N3CCOCC3)nc21. The van der Waals surface area contributed by atoms with Gasteiger partial charge >= 0.3 is 0 Å². The van der Waals surface area contributed by atoms with Crippen LogP contribution >= 0.6 is 11.6 Å². The van der Waals surface area contributed by atoms with Crippen molar-refractivity contribution in [3.63, 3.8) is 0 Å². The van der Waals surface area contributed by atoms with E-state index in [4.69, 9.17) is 16.3 Å². The summed E-state index contributed by atoms with van der Waals surface area (Å²) in [7, 11) is 0. The molecule has 6 nitrogen and oxygen atoms in total. The molecule has 0 radical (unpaired) electrons. The summed E-state index contributed by atoms with van der Waals surface area (Å²) >= 11 is 6.25. The Hall–Kier alpha value is -1.11. The molecule has 0 aromatic carbocycles. The van der Waals surface area contributed by atoms with Gasteiger partial charge in [-0.3, -0.25) is 0 Å². The molecule has 1 aromatic heterocycles. The zero-order valence-corrected chi connectivity index (χ0v) is 11.6. The smallest absolute Gasteiger partial charge is 0.228 e. The maximum Gasteiger partial charge on any atom is 0.228 e. The van der Waals surface area contributed by atoms with Crippen molar-refractivity contribution in [3.05, 3.63) is 10.7 Å². The Morgan fingerprint density at radius 2 is 2.00 bits per heavy atom. The Balaban J connectivity index is 1.95. The molecule has 2 aliphatic heterocycles. The summed E-state index contributed by atoms with van der Waals surface area (Å²) in [5, 5.41) is 10.3. The van der Waals surface area contributed by atoms with Crippen LogP contribution in [-0.4, -0.2) is 54.2 Å². The Morgan fingerprint density at radius 3 is 2.68 bits per heavy atom. The van der Waals surface area contributed by atoms with E-state index in [1.807, 2.05) is 4.90 Å². The third kappa shape index (κ3) is 2.35. The minimum atomic E-state index is -0.565. The van der Waals surface area contributed by atoms with Crippen LogP contribution in [0.25, 0.3) is 0 Å². The highest BCUT2D eigenvalue weighted by atomic mass is 35.5. The second kappa shape index (κ2) is 5.11. The largest absolute Gasteiger partial charge is 0.378 e. The molecule has 0 amide bonds. The van der Waals surface area contributed by atoms with E-state index in [1.54, 1.807) is 6.92 Å². The second-order valence-corrected chi connectivity index (χ2v) is 5.15. The molecule has 1 fully saturated rings. The molecular weight excluding hydrogens is 268 g/mol. The van der Waals surface area contributed by atoms with Gasteiger partial charge in [0.2, 0.25) is 5.95 Å². The summed E-state index contributed by atoms with van der Waals surface area (Å²) in [4.78, 5) is 12.9. The van der Waals surface area contributed by atoms with Crippen molar-refractivity contribution in [2.24, 2.45) is 0 Å². The molecule has 2 aliphatic rings. The maximum atomic E-state index is 9.78. The highest BCUT2D eigenvalue weighted by Gasteiger charge is 2.28.